The van der Waals surface area contributed by atoms with Crippen molar-refractivity contribution in [3.05, 3.63) is 70.7 Å². The molecule has 0 aliphatic carbocycles. The molecule has 2 aliphatic rings. The second kappa shape index (κ2) is 10.9. The number of hydrogen-bond acceptors (Lipinski definition) is 7. The molecule has 196 valence electrons. The molecule has 11 heteroatoms. The van der Waals surface area contributed by atoms with E-state index in [1.165, 1.54) is 6.33 Å². The van der Waals surface area contributed by atoms with Gasteiger partial charge in [0, 0.05) is 48.9 Å². The molecule has 0 bridgehead atoms. The first-order chi connectivity index (χ1) is 17.8. The van der Waals surface area contributed by atoms with Crippen LogP contribution in [0.25, 0.3) is 0 Å². The van der Waals surface area contributed by atoms with Crippen LogP contribution in [0.2, 0.25) is 10.0 Å². The van der Waals surface area contributed by atoms with E-state index < -0.39 is 5.79 Å². The Morgan fingerprint density at radius 2 is 2.00 bits per heavy atom. The zero-order valence-corrected chi connectivity index (χ0v) is 22.2. The molecule has 2 aromatic carbocycles. The van der Waals surface area contributed by atoms with Gasteiger partial charge in [-0.2, -0.15) is 5.10 Å². The summed E-state index contributed by atoms with van der Waals surface area (Å²) in [7, 11) is 0. The highest BCUT2D eigenvalue weighted by Crippen LogP contribution is 2.40. The topological polar surface area (TPSA) is 82.0 Å². The summed E-state index contributed by atoms with van der Waals surface area (Å²) in [6, 6.07) is 13.5. The lowest BCUT2D eigenvalue weighted by Gasteiger charge is -2.41. The Hall–Kier alpha value is -2.85. The Labute approximate surface area is 225 Å². The number of nitrogens with zero attached hydrogens (tertiary/aromatic N) is 5. The molecular formula is C26H29Cl2N5O4. The van der Waals surface area contributed by atoms with Crippen molar-refractivity contribution in [2.24, 2.45) is 0 Å². The van der Waals surface area contributed by atoms with Crippen molar-refractivity contribution in [1.82, 2.24) is 19.7 Å². The van der Waals surface area contributed by atoms with Crippen LogP contribution in [0, 0.1) is 0 Å². The molecule has 3 heterocycles. The first-order valence-corrected chi connectivity index (χ1v) is 12.9. The lowest BCUT2D eigenvalue weighted by Crippen LogP contribution is -2.53. The number of ether oxygens (including phenoxy) is 3. The van der Waals surface area contributed by atoms with Gasteiger partial charge in [-0.1, -0.05) is 29.3 Å². The minimum atomic E-state index is -1.15. The molecule has 0 spiro atoms. The number of carbonyl (C=O) groups excluding carboxylic acids is 1. The van der Waals surface area contributed by atoms with Crippen LogP contribution in [0.3, 0.4) is 0 Å². The van der Waals surface area contributed by atoms with Crippen molar-refractivity contribution in [3.63, 3.8) is 0 Å². The average Bonchev–Trinajstić information content (AvgIpc) is 3.54. The molecule has 5 rings (SSSR count). The standard InChI is InChI=1S/C26H29Cl2N5O4/c1-18-12-31(19(2)34)9-10-33(18)21-4-6-22(7-5-21)35-13-23-14-36-26(37-23,15-32-17-29-16-30-32)24-8-3-20(27)11-25(24)28/h3-8,11,16-18,23H,9-10,12-15H2,1-2H3. The lowest BCUT2D eigenvalue weighted by atomic mass is 10.1. The third-order valence-electron chi connectivity index (χ3n) is 6.71. The van der Waals surface area contributed by atoms with Gasteiger partial charge in [0.15, 0.2) is 0 Å². The molecule has 0 N–H and O–H groups in total. The number of halogens is 2. The Morgan fingerprint density at radius 1 is 1.19 bits per heavy atom. The Morgan fingerprint density at radius 3 is 2.68 bits per heavy atom. The van der Waals surface area contributed by atoms with Crippen molar-refractivity contribution >= 4 is 34.8 Å². The highest BCUT2D eigenvalue weighted by Gasteiger charge is 2.45. The van der Waals surface area contributed by atoms with Crippen LogP contribution in [-0.2, 0) is 26.6 Å². The second-order valence-electron chi connectivity index (χ2n) is 9.33. The van der Waals surface area contributed by atoms with Crippen molar-refractivity contribution < 1.29 is 19.0 Å². The van der Waals surface area contributed by atoms with Gasteiger partial charge in [0.25, 0.3) is 0 Å². The summed E-state index contributed by atoms with van der Waals surface area (Å²) in [6.07, 6.45) is 2.74. The number of hydrogen-bond donors (Lipinski definition) is 0. The minimum absolute atomic E-state index is 0.122. The number of aromatic nitrogens is 3. The third kappa shape index (κ3) is 5.70. The van der Waals surface area contributed by atoms with Gasteiger partial charge in [0.2, 0.25) is 11.7 Å². The van der Waals surface area contributed by atoms with Crippen molar-refractivity contribution in [1.29, 1.82) is 0 Å². The van der Waals surface area contributed by atoms with Crippen LogP contribution < -0.4 is 9.64 Å². The van der Waals surface area contributed by atoms with E-state index in [4.69, 9.17) is 37.4 Å². The summed E-state index contributed by atoms with van der Waals surface area (Å²) < 4.78 is 20.3. The van der Waals surface area contributed by atoms with Gasteiger partial charge in [0.1, 0.15) is 37.7 Å². The van der Waals surface area contributed by atoms with Crippen LogP contribution in [0.5, 0.6) is 5.75 Å². The van der Waals surface area contributed by atoms with Crippen LogP contribution >= 0.6 is 23.2 Å². The van der Waals surface area contributed by atoms with Crippen LogP contribution in [0.15, 0.2) is 55.1 Å². The summed E-state index contributed by atoms with van der Waals surface area (Å²) >= 11 is 12.6. The Bertz CT molecular complexity index is 1230. The van der Waals surface area contributed by atoms with Gasteiger partial charge in [-0.25, -0.2) is 9.67 Å². The van der Waals surface area contributed by atoms with Crippen LogP contribution in [-0.4, -0.2) is 70.6 Å². The summed E-state index contributed by atoms with van der Waals surface area (Å²) in [4.78, 5) is 19.9. The summed E-state index contributed by atoms with van der Waals surface area (Å²) in [5, 5.41) is 5.18. The van der Waals surface area contributed by atoms with Gasteiger partial charge in [-0.15, -0.1) is 0 Å². The molecule has 37 heavy (non-hydrogen) atoms. The maximum absolute atomic E-state index is 11.7. The normalized spacial score (nSPS) is 23.9. The van der Waals surface area contributed by atoms with E-state index in [-0.39, 0.29) is 24.6 Å². The Balaban J connectivity index is 1.23. The molecule has 0 saturated carbocycles. The summed E-state index contributed by atoms with van der Waals surface area (Å²) in [5.74, 6) is -0.288. The maximum Gasteiger partial charge on any atom is 0.219 e. The smallest absolute Gasteiger partial charge is 0.219 e. The van der Waals surface area contributed by atoms with E-state index in [1.807, 2.05) is 29.2 Å². The molecule has 3 unspecified atom stereocenters. The number of benzene rings is 2. The highest BCUT2D eigenvalue weighted by atomic mass is 35.5. The van der Waals surface area contributed by atoms with E-state index >= 15 is 0 Å². The molecule has 1 aromatic heterocycles. The third-order valence-corrected chi connectivity index (χ3v) is 7.26. The minimum Gasteiger partial charge on any atom is -0.491 e. The first kappa shape index (κ1) is 25.8. The predicted octanol–water partition coefficient (Wildman–Crippen LogP) is 3.99. The molecule has 1 amide bonds. The quantitative estimate of drug-likeness (QED) is 0.443. The lowest BCUT2D eigenvalue weighted by molar-refractivity contribution is -0.190. The first-order valence-electron chi connectivity index (χ1n) is 12.2. The Kier molecular flexibility index (Phi) is 7.57. The molecule has 2 fully saturated rings. The van der Waals surface area contributed by atoms with E-state index in [9.17, 15) is 4.79 Å². The monoisotopic (exact) mass is 545 g/mol. The van der Waals surface area contributed by atoms with Gasteiger partial charge in [-0.05, 0) is 43.3 Å². The number of amides is 1. The summed E-state index contributed by atoms with van der Waals surface area (Å²) in [6.45, 7) is 6.91. The van der Waals surface area contributed by atoms with Gasteiger partial charge < -0.3 is 24.0 Å². The van der Waals surface area contributed by atoms with Crippen molar-refractivity contribution in [3.8, 4) is 5.75 Å². The van der Waals surface area contributed by atoms with E-state index in [2.05, 4.69) is 21.9 Å². The van der Waals surface area contributed by atoms with E-state index in [0.717, 1.165) is 31.1 Å². The fraction of sp³-hybridized carbons (Fsp3) is 0.423. The predicted molar refractivity (Wildman–Crippen MR) is 140 cm³/mol. The largest absolute Gasteiger partial charge is 0.491 e. The van der Waals surface area contributed by atoms with E-state index in [1.54, 1.807) is 36.1 Å². The molecule has 9 nitrogen and oxygen atoms in total. The molecule has 3 aromatic rings. The van der Waals surface area contributed by atoms with Gasteiger partial charge >= 0.3 is 0 Å². The maximum atomic E-state index is 11.7. The number of anilines is 1. The SMILES string of the molecule is CC(=O)N1CCN(c2ccc(OCC3COC(Cn4cncn4)(c4ccc(Cl)cc4Cl)O3)cc2)C(C)C1. The van der Waals surface area contributed by atoms with Crippen LogP contribution in [0.4, 0.5) is 5.69 Å². The molecule has 2 aliphatic heterocycles. The molecule has 3 atom stereocenters. The number of piperazine rings is 1. The molecule has 2 saturated heterocycles. The van der Waals surface area contributed by atoms with Crippen molar-refractivity contribution in [2.75, 3.05) is 37.7 Å². The second-order valence-corrected chi connectivity index (χ2v) is 10.2. The number of carbonyl (C=O) groups is 1. The number of rotatable bonds is 7. The summed E-state index contributed by atoms with van der Waals surface area (Å²) in [5.41, 5.74) is 1.77. The van der Waals surface area contributed by atoms with Gasteiger partial charge in [0.05, 0.1) is 11.6 Å². The fourth-order valence-electron chi connectivity index (χ4n) is 4.83. The van der Waals surface area contributed by atoms with Crippen LogP contribution in [0.1, 0.15) is 19.4 Å². The van der Waals surface area contributed by atoms with Crippen molar-refractivity contribution in [2.45, 2.75) is 38.3 Å². The molecular weight excluding hydrogens is 517 g/mol. The van der Waals surface area contributed by atoms with Gasteiger partial charge in [-0.3, -0.25) is 4.79 Å². The zero-order valence-electron chi connectivity index (χ0n) is 20.7. The molecule has 0 radical (unpaired) electrons. The van der Waals surface area contributed by atoms with E-state index in [0.29, 0.717) is 28.8 Å². The fourth-order valence-corrected chi connectivity index (χ4v) is 5.38. The highest BCUT2D eigenvalue weighted by molar-refractivity contribution is 6.35. The zero-order chi connectivity index (χ0) is 26.0. The average molecular weight is 546 g/mol.